The first-order valence-electron chi connectivity index (χ1n) is 2.77. The monoisotopic (exact) mass is 150 g/mol. The highest BCUT2D eigenvalue weighted by Gasteiger charge is 2.13. The van der Waals surface area contributed by atoms with Gasteiger partial charge >= 0.3 is 0 Å². The summed E-state index contributed by atoms with van der Waals surface area (Å²) in [6, 6.07) is -1.07. The Labute approximate surface area is 57.5 Å². The van der Waals surface area contributed by atoms with Crippen LogP contribution in [0.1, 0.15) is 6.42 Å². The lowest BCUT2D eigenvalue weighted by Gasteiger charge is -2.15. The molecule has 0 radical (unpaired) electrons. The number of carboxylic acid groups (broad SMARTS) is 1. The molecule has 0 spiro atoms. The van der Waals surface area contributed by atoms with E-state index in [4.69, 9.17) is 10.8 Å². The van der Waals surface area contributed by atoms with Gasteiger partial charge in [-0.1, -0.05) is 0 Å². The summed E-state index contributed by atoms with van der Waals surface area (Å²) in [6.07, 6.45) is -1.93. The molecule has 0 aromatic heterocycles. The Morgan fingerprint density at radius 1 is 1.80 bits per heavy atom. The molecule has 0 rings (SSSR count). The Morgan fingerprint density at radius 3 is 2.60 bits per heavy atom. The summed E-state index contributed by atoms with van der Waals surface area (Å²) in [4.78, 5) is 9.81. The predicted octanol–water partition coefficient (Wildman–Crippen LogP) is -2.22. The van der Waals surface area contributed by atoms with E-state index in [1.54, 1.807) is 0 Å². The Bertz CT molecular complexity index is 119. The van der Waals surface area contributed by atoms with E-state index in [1.807, 2.05) is 0 Å². The molecule has 0 aromatic carbocycles. The van der Waals surface area contributed by atoms with Gasteiger partial charge < -0.3 is 20.7 Å². The number of carbonyl (C=O) groups excluding carboxylic acids is 1. The second kappa shape index (κ2) is 4.19. The van der Waals surface area contributed by atoms with Crippen molar-refractivity contribution in [2.75, 3.05) is 6.67 Å². The van der Waals surface area contributed by atoms with Gasteiger partial charge in [0.25, 0.3) is 0 Å². The molecule has 2 unspecified atom stereocenters. The van der Waals surface area contributed by atoms with Crippen molar-refractivity contribution in [2.24, 2.45) is 5.73 Å². The fourth-order valence-electron chi connectivity index (χ4n) is 0.443. The third-order valence-corrected chi connectivity index (χ3v) is 1.05. The van der Waals surface area contributed by atoms with E-state index < -0.39 is 31.2 Å². The normalized spacial score (nSPS) is 16.3. The maximum absolute atomic E-state index is 11.5. The number of aliphatic carboxylic acids is 1. The second-order valence-corrected chi connectivity index (χ2v) is 1.96. The highest BCUT2D eigenvalue weighted by molar-refractivity contribution is 5.65. The Balaban J connectivity index is 3.61. The van der Waals surface area contributed by atoms with Crippen LogP contribution < -0.4 is 10.8 Å². The van der Waals surface area contributed by atoms with E-state index in [1.165, 1.54) is 0 Å². The van der Waals surface area contributed by atoms with Gasteiger partial charge in [0.1, 0.15) is 6.67 Å². The molecule has 0 fully saturated rings. The van der Waals surface area contributed by atoms with Crippen molar-refractivity contribution < 1.29 is 19.4 Å². The number of halogens is 1. The Kier molecular flexibility index (Phi) is 3.90. The SMILES string of the molecule is NC(CC(=O)[O-])C(O)CF. The molecule has 3 N–H and O–H groups in total. The number of aliphatic hydroxyl groups excluding tert-OH is 1. The van der Waals surface area contributed by atoms with Gasteiger partial charge in [-0.3, -0.25) is 0 Å². The minimum Gasteiger partial charge on any atom is -0.550 e. The average Bonchev–Trinajstić information content (AvgIpc) is 1.85. The third kappa shape index (κ3) is 3.37. The maximum Gasteiger partial charge on any atom is 0.117 e. The van der Waals surface area contributed by atoms with Gasteiger partial charge in [-0.15, -0.1) is 0 Å². The zero-order valence-electron chi connectivity index (χ0n) is 5.29. The first-order valence-corrected chi connectivity index (χ1v) is 2.77. The lowest BCUT2D eigenvalue weighted by atomic mass is 10.1. The number of nitrogens with two attached hydrogens (primary N) is 1. The fraction of sp³-hybridized carbons (Fsp3) is 0.800. The smallest absolute Gasteiger partial charge is 0.117 e. The van der Waals surface area contributed by atoms with Crippen LogP contribution in [0, 0.1) is 0 Å². The summed E-state index contributed by atoms with van der Waals surface area (Å²) in [6.45, 7) is -1.03. The first kappa shape index (κ1) is 9.32. The summed E-state index contributed by atoms with van der Waals surface area (Å²) in [5, 5.41) is 18.4. The van der Waals surface area contributed by atoms with Crippen LogP contribution in [0.25, 0.3) is 0 Å². The highest BCUT2D eigenvalue weighted by Crippen LogP contribution is 1.95. The lowest BCUT2D eigenvalue weighted by Crippen LogP contribution is -2.41. The van der Waals surface area contributed by atoms with Crippen LogP contribution in [0.5, 0.6) is 0 Å². The lowest BCUT2D eigenvalue weighted by molar-refractivity contribution is -0.306. The molecule has 0 amide bonds. The Morgan fingerprint density at radius 2 is 2.30 bits per heavy atom. The van der Waals surface area contributed by atoms with Crippen LogP contribution in [0.3, 0.4) is 0 Å². The average molecular weight is 150 g/mol. The van der Waals surface area contributed by atoms with E-state index >= 15 is 0 Å². The first-order chi connectivity index (χ1) is 4.57. The standard InChI is InChI=1S/C5H10FNO3/c6-2-4(8)3(7)1-5(9)10/h3-4,8H,1-2,7H2,(H,9,10)/p-1. The fourth-order valence-corrected chi connectivity index (χ4v) is 0.443. The minimum atomic E-state index is -1.40. The maximum atomic E-state index is 11.5. The van der Waals surface area contributed by atoms with E-state index in [-0.39, 0.29) is 0 Å². The molecule has 0 aliphatic heterocycles. The van der Waals surface area contributed by atoms with Gasteiger partial charge in [-0.25, -0.2) is 4.39 Å². The summed E-state index contributed by atoms with van der Waals surface area (Å²) in [5.41, 5.74) is 5.02. The van der Waals surface area contributed by atoms with Gasteiger partial charge in [-0.2, -0.15) is 0 Å². The number of hydrogen-bond donors (Lipinski definition) is 2. The van der Waals surface area contributed by atoms with Crippen molar-refractivity contribution in [1.29, 1.82) is 0 Å². The van der Waals surface area contributed by atoms with Crippen LogP contribution in [-0.2, 0) is 4.79 Å². The van der Waals surface area contributed by atoms with Crippen molar-refractivity contribution in [3.8, 4) is 0 Å². The van der Waals surface area contributed by atoms with Crippen LogP contribution in [0.2, 0.25) is 0 Å². The number of rotatable bonds is 4. The number of carboxylic acids is 1. The molecule has 5 heteroatoms. The molecule has 0 aliphatic carbocycles. The van der Waals surface area contributed by atoms with E-state index in [9.17, 15) is 14.3 Å². The largest absolute Gasteiger partial charge is 0.550 e. The molecule has 10 heavy (non-hydrogen) atoms. The molecular weight excluding hydrogens is 141 g/mol. The van der Waals surface area contributed by atoms with Crippen LogP contribution in [0.15, 0.2) is 0 Å². The molecule has 4 nitrogen and oxygen atoms in total. The van der Waals surface area contributed by atoms with E-state index in [0.717, 1.165) is 0 Å². The van der Waals surface area contributed by atoms with Crippen molar-refractivity contribution >= 4 is 5.97 Å². The molecule has 0 aromatic rings. The third-order valence-electron chi connectivity index (χ3n) is 1.05. The van der Waals surface area contributed by atoms with Crippen molar-refractivity contribution in [3.05, 3.63) is 0 Å². The zero-order chi connectivity index (χ0) is 8.15. The highest BCUT2D eigenvalue weighted by atomic mass is 19.1. The number of alkyl halides is 1. The van der Waals surface area contributed by atoms with E-state index in [2.05, 4.69) is 0 Å². The van der Waals surface area contributed by atoms with E-state index in [0.29, 0.717) is 0 Å². The van der Waals surface area contributed by atoms with Gasteiger partial charge in [0.2, 0.25) is 0 Å². The second-order valence-electron chi connectivity index (χ2n) is 1.96. The van der Waals surface area contributed by atoms with Crippen molar-refractivity contribution in [1.82, 2.24) is 0 Å². The Hall–Kier alpha value is -0.680. The van der Waals surface area contributed by atoms with Crippen molar-refractivity contribution in [2.45, 2.75) is 18.6 Å². The molecule has 0 bridgehead atoms. The molecule has 0 heterocycles. The van der Waals surface area contributed by atoms with Crippen LogP contribution >= 0.6 is 0 Å². The zero-order valence-corrected chi connectivity index (χ0v) is 5.29. The van der Waals surface area contributed by atoms with Crippen molar-refractivity contribution in [3.63, 3.8) is 0 Å². The van der Waals surface area contributed by atoms with Gasteiger partial charge in [0.15, 0.2) is 0 Å². The minimum absolute atomic E-state index is 0.523. The molecule has 2 atom stereocenters. The van der Waals surface area contributed by atoms with Gasteiger partial charge in [0, 0.05) is 18.4 Å². The summed E-state index contributed by atoms with van der Waals surface area (Å²) < 4.78 is 11.5. The van der Waals surface area contributed by atoms with Crippen LogP contribution in [-0.4, -0.2) is 29.9 Å². The van der Waals surface area contributed by atoms with Gasteiger partial charge in [-0.05, 0) is 0 Å². The summed E-state index contributed by atoms with van der Waals surface area (Å²) in [7, 11) is 0. The quantitative estimate of drug-likeness (QED) is 0.475. The molecule has 60 valence electrons. The van der Waals surface area contributed by atoms with Crippen LogP contribution in [0.4, 0.5) is 4.39 Å². The molecule has 0 saturated heterocycles. The summed E-state index contributed by atoms with van der Waals surface area (Å²) >= 11 is 0. The number of aliphatic hydroxyl groups is 1. The predicted molar refractivity (Wildman–Crippen MR) is 29.6 cm³/mol. The number of carbonyl (C=O) groups is 1. The number of hydrogen-bond acceptors (Lipinski definition) is 4. The topological polar surface area (TPSA) is 86.4 Å². The molecular formula is C5H9FNO3-. The molecule has 0 saturated carbocycles. The summed E-state index contributed by atoms with van der Waals surface area (Å²) in [5.74, 6) is -1.39. The van der Waals surface area contributed by atoms with Gasteiger partial charge in [0.05, 0.1) is 6.10 Å². The molecule has 0 aliphatic rings.